The number of aryl methyl sites for hydroxylation is 2. The molecule has 0 fully saturated rings. The van der Waals surface area contributed by atoms with Gasteiger partial charge in [-0.15, -0.1) is 0 Å². The summed E-state index contributed by atoms with van der Waals surface area (Å²) in [4.78, 5) is 27.6. The van der Waals surface area contributed by atoms with Crippen molar-refractivity contribution in [3.8, 4) is 0 Å². The zero-order valence-electron chi connectivity index (χ0n) is 14.3. The Morgan fingerprint density at radius 1 is 1.24 bits per heavy atom. The van der Waals surface area contributed by atoms with E-state index in [2.05, 4.69) is 15.5 Å². The molecule has 0 aliphatic rings. The van der Waals surface area contributed by atoms with E-state index in [0.29, 0.717) is 24.6 Å². The van der Waals surface area contributed by atoms with E-state index in [1.165, 1.54) is 0 Å². The van der Waals surface area contributed by atoms with Crippen molar-refractivity contribution in [3.63, 3.8) is 0 Å². The van der Waals surface area contributed by atoms with Gasteiger partial charge in [0.05, 0.1) is 0 Å². The second kappa shape index (κ2) is 9.56. The van der Waals surface area contributed by atoms with Gasteiger partial charge in [0, 0.05) is 25.7 Å². The summed E-state index contributed by atoms with van der Waals surface area (Å²) >= 11 is 0. The normalized spacial score (nSPS) is 11.9. The molecular weight excluding hydrogens is 322 g/mol. The van der Waals surface area contributed by atoms with Crippen molar-refractivity contribution in [2.45, 2.75) is 51.5 Å². The first-order chi connectivity index (χ1) is 12.1. The van der Waals surface area contributed by atoms with E-state index >= 15 is 0 Å². The van der Waals surface area contributed by atoms with Crippen molar-refractivity contribution in [2.24, 2.45) is 0 Å². The Morgan fingerprint density at radius 2 is 2.00 bits per heavy atom. The van der Waals surface area contributed by atoms with Gasteiger partial charge in [-0.3, -0.25) is 4.79 Å². The number of benzene rings is 1. The SMILES string of the molecule is CCCc1noc(CCCC(=O)N[C@H](Cc2ccccc2)C(=O)O)n1. The van der Waals surface area contributed by atoms with Gasteiger partial charge in [0.2, 0.25) is 11.8 Å². The van der Waals surface area contributed by atoms with Crippen LogP contribution in [-0.4, -0.2) is 33.2 Å². The van der Waals surface area contributed by atoms with E-state index in [0.717, 1.165) is 18.4 Å². The maximum atomic E-state index is 12.0. The lowest BCUT2D eigenvalue weighted by atomic mass is 10.1. The molecule has 0 saturated heterocycles. The summed E-state index contributed by atoms with van der Waals surface area (Å²) in [7, 11) is 0. The van der Waals surface area contributed by atoms with Crippen LogP contribution in [-0.2, 0) is 28.9 Å². The highest BCUT2D eigenvalue weighted by Gasteiger charge is 2.20. The first-order valence-electron chi connectivity index (χ1n) is 8.46. The molecule has 0 aliphatic carbocycles. The van der Waals surface area contributed by atoms with Gasteiger partial charge in [-0.1, -0.05) is 42.4 Å². The number of carbonyl (C=O) groups is 2. The average Bonchev–Trinajstić information content (AvgIpc) is 3.03. The topological polar surface area (TPSA) is 105 Å². The van der Waals surface area contributed by atoms with E-state index < -0.39 is 12.0 Å². The fraction of sp³-hybridized carbons (Fsp3) is 0.444. The van der Waals surface area contributed by atoms with Gasteiger partial charge in [-0.25, -0.2) is 4.79 Å². The third kappa shape index (κ3) is 6.37. The van der Waals surface area contributed by atoms with Crippen molar-refractivity contribution in [2.75, 3.05) is 0 Å². The van der Waals surface area contributed by atoms with Crippen LogP contribution in [0.15, 0.2) is 34.9 Å². The van der Waals surface area contributed by atoms with Crippen LogP contribution in [0, 0.1) is 0 Å². The molecule has 0 radical (unpaired) electrons. The zero-order chi connectivity index (χ0) is 18.1. The van der Waals surface area contributed by atoms with Gasteiger partial charge in [-0.2, -0.15) is 4.98 Å². The number of aromatic nitrogens is 2. The highest BCUT2D eigenvalue weighted by atomic mass is 16.5. The fourth-order valence-corrected chi connectivity index (χ4v) is 2.43. The molecule has 1 heterocycles. The predicted octanol–water partition coefficient (Wildman–Crippen LogP) is 2.16. The molecule has 0 aliphatic heterocycles. The molecule has 2 aromatic rings. The molecule has 7 nitrogen and oxygen atoms in total. The van der Waals surface area contributed by atoms with E-state index in [4.69, 9.17) is 4.52 Å². The summed E-state index contributed by atoms with van der Waals surface area (Å²) < 4.78 is 5.11. The van der Waals surface area contributed by atoms with Crippen molar-refractivity contribution in [1.82, 2.24) is 15.5 Å². The molecule has 0 saturated carbocycles. The largest absolute Gasteiger partial charge is 0.480 e. The molecule has 1 atom stereocenters. The third-order valence-corrected chi connectivity index (χ3v) is 3.69. The van der Waals surface area contributed by atoms with E-state index in [1.54, 1.807) is 0 Å². The Bertz CT molecular complexity index is 685. The minimum Gasteiger partial charge on any atom is -0.480 e. The number of aliphatic carboxylic acids is 1. The van der Waals surface area contributed by atoms with Crippen LogP contribution in [0.4, 0.5) is 0 Å². The second-order valence-electron chi connectivity index (χ2n) is 5.86. The Labute approximate surface area is 146 Å². The van der Waals surface area contributed by atoms with Crippen molar-refractivity contribution in [3.05, 3.63) is 47.6 Å². The maximum absolute atomic E-state index is 12.0. The highest BCUT2D eigenvalue weighted by Crippen LogP contribution is 2.07. The maximum Gasteiger partial charge on any atom is 0.326 e. The number of amides is 1. The number of rotatable bonds is 10. The number of nitrogens with one attached hydrogen (secondary N) is 1. The van der Waals surface area contributed by atoms with Crippen molar-refractivity contribution >= 4 is 11.9 Å². The second-order valence-corrected chi connectivity index (χ2v) is 5.86. The van der Waals surface area contributed by atoms with Crippen molar-refractivity contribution < 1.29 is 19.2 Å². The number of hydrogen-bond donors (Lipinski definition) is 2. The minimum atomic E-state index is -1.04. The smallest absolute Gasteiger partial charge is 0.326 e. The number of carboxylic acids is 1. The van der Waals surface area contributed by atoms with Gasteiger partial charge in [0.25, 0.3) is 0 Å². The first kappa shape index (κ1) is 18.6. The van der Waals surface area contributed by atoms with Gasteiger partial charge in [-0.05, 0) is 18.4 Å². The van der Waals surface area contributed by atoms with Crippen LogP contribution in [0.25, 0.3) is 0 Å². The quantitative estimate of drug-likeness (QED) is 0.683. The van der Waals surface area contributed by atoms with E-state index in [-0.39, 0.29) is 18.7 Å². The Morgan fingerprint density at radius 3 is 2.68 bits per heavy atom. The summed E-state index contributed by atoms with van der Waals surface area (Å²) in [6, 6.07) is 8.29. The van der Waals surface area contributed by atoms with Crippen molar-refractivity contribution in [1.29, 1.82) is 0 Å². The van der Waals surface area contributed by atoms with Crippen LogP contribution in [0.1, 0.15) is 43.5 Å². The van der Waals surface area contributed by atoms with Crippen LogP contribution >= 0.6 is 0 Å². The molecule has 0 bridgehead atoms. The standard InChI is InChI=1S/C18H23N3O4/c1-2-7-15-20-17(25-21-15)11-6-10-16(22)19-14(18(23)24)12-13-8-4-3-5-9-13/h3-5,8-9,14H,2,6-7,10-12H2,1H3,(H,19,22)(H,23,24)/t14-/m1/s1. The first-order valence-corrected chi connectivity index (χ1v) is 8.46. The monoisotopic (exact) mass is 345 g/mol. The molecule has 25 heavy (non-hydrogen) atoms. The third-order valence-electron chi connectivity index (χ3n) is 3.69. The van der Waals surface area contributed by atoms with Gasteiger partial charge in [0.1, 0.15) is 6.04 Å². The summed E-state index contributed by atoms with van der Waals surface area (Å²) in [5.74, 6) is -0.152. The lowest BCUT2D eigenvalue weighted by molar-refractivity contribution is -0.141. The summed E-state index contributed by atoms with van der Waals surface area (Å²) in [5, 5.41) is 15.7. The number of carbonyl (C=O) groups excluding carboxylic acids is 1. The van der Waals surface area contributed by atoms with E-state index in [1.807, 2.05) is 37.3 Å². The summed E-state index contributed by atoms with van der Waals surface area (Å²) in [6.45, 7) is 2.04. The van der Waals surface area contributed by atoms with Crippen LogP contribution in [0.5, 0.6) is 0 Å². The van der Waals surface area contributed by atoms with Crippen LogP contribution in [0.3, 0.4) is 0 Å². The van der Waals surface area contributed by atoms with Crippen LogP contribution < -0.4 is 5.32 Å². The summed E-state index contributed by atoms with van der Waals surface area (Å²) in [5.41, 5.74) is 0.865. The van der Waals surface area contributed by atoms with Gasteiger partial charge >= 0.3 is 5.97 Å². The Hall–Kier alpha value is -2.70. The highest BCUT2D eigenvalue weighted by molar-refractivity contribution is 5.83. The zero-order valence-corrected chi connectivity index (χ0v) is 14.3. The molecule has 134 valence electrons. The summed E-state index contributed by atoms with van der Waals surface area (Å²) in [6.07, 6.45) is 3.21. The van der Waals surface area contributed by atoms with E-state index in [9.17, 15) is 14.7 Å². The number of carboxylic acid groups (broad SMARTS) is 1. The van der Waals surface area contributed by atoms with Crippen LogP contribution in [0.2, 0.25) is 0 Å². The molecule has 2 rings (SSSR count). The lowest BCUT2D eigenvalue weighted by Gasteiger charge is -2.14. The minimum absolute atomic E-state index is 0.212. The molecular formula is C18H23N3O4. The number of nitrogens with zero attached hydrogens (tertiary/aromatic N) is 2. The average molecular weight is 345 g/mol. The molecule has 1 aromatic heterocycles. The molecule has 2 N–H and O–H groups in total. The fourth-order valence-electron chi connectivity index (χ4n) is 2.43. The lowest BCUT2D eigenvalue weighted by Crippen LogP contribution is -2.42. The molecule has 7 heteroatoms. The Kier molecular flexibility index (Phi) is 7.13. The number of hydrogen-bond acceptors (Lipinski definition) is 5. The Balaban J connectivity index is 1.77. The molecule has 1 amide bonds. The molecule has 0 spiro atoms. The van der Waals surface area contributed by atoms with Gasteiger partial charge < -0.3 is 14.9 Å². The predicted molar refractivity (Wildman–Crippen MR) is 90.9 cm³/mol. The van der Waals surface area contributed by atoms with Gasteiger partial charge in [0.15, 0.2) is 5.82 Å². The molecule has 0 unspecified atom stereocenters. The molecule has 1 aromatic carbocycles.